The molecular weight excluding hydrogens is 549 g/mol. The lowest BCUT2D eigenvalue weighted by atomic mass is 9.52. The summed E-state index contributed by atoms with van der Waals surface area (Å²) in [6.45, 7) is 22.4. The SMILES string of the molecule is CC1=C[C@@]2(CCC=O)[C@@H](CO[Si](c3ccccc3)(c3ccccc3)C(C)(C)C)[C@H](C)[C@@H](OC(=O)C(C)(C)C)C[C@H]2C1(C)C. The quantitative estimate of drug-likeness (QED) is 0.127. The second kappa shape index (κ2) is 12.1. The summed E-state index contributed by atoms with van der Waals surface area (Å²) >= 11 is 0. The lowest BCUT2D eigenvalue weighted by Gasteiger charge is -2.55. The standard InChI is InChI=1S/C38H54O4Si/c1-27-25-38(22-17-23-39)31(28(2)32(24-33(38)37(27,9)10)42-34(40)35(3,4)5)26-41-43(36(6,7)8,29-18-13-11-14-19-29)30-20-15-12-16-21-30/h11-16,18-21,23,25,28,31-33H,17,22,24,26H2,1-10H3/t28-,31-,32-,33-,38-/m0/s1. The minimum absolute atomic E-state index is 0.0605. The van der Waals surface area contributed by atoms with Crippen LogP contribution in [-0.2, 0) is 18.8 Å². The van der Waals surface area contributed by atoms with Crippen molar-refractivity contribution < 1.29 is 18.8 Å². The highest BCUT2D eigenvalue weighted by atomic mass is 28.4. The third-order valence-electron chi connectivity index (χ3n) is 10.9. The van der Waals surface area contributed by atoms with Gasteiger partial charge in [0.1, 0.15) is 12.4 Å². The van der Waals surface area contributed by atoms with E-state index in [1.807, 2.05) is 20.8 Å². The molecule has 2 aliphatic carbocycles. The van der Waals surface area contributed by atoms with Crippen LogP contribution in [0, 0.1) is 34.0 Å². The zero-order valence-corrected chi connectivity index (χ0v) is 29.2. The molecule has 2 aliphatic rings. The number of hydrogen-bond donors (Lipinski definition) is 0. The van der Waals surface area contributed by atoms with Crippen LogP contribution in [0.1, 0.15) is 88.5 Å². The second-order valence-electron chi connectivity index (χ2n) is 15.8. The van der Waals surface area contributed by atoms with Crippen molar-refractivity contribution in [2.24, 2.45) is 34.0 Å². The van der Waals surface area contributed by atoms with Crippen molar-refractivity contribution in [1.29, 1.82) is 0 Å². The molecule has 4 nitrogen and oxygen atoms in total. The molecule has 5 heteroatoms. The predicted octanol–water partition coefficient (Wildman–Crippen LogP) is 7.74. The highest BCUT2D eigenvalue weighted by Crippen LogP contribution is 2.65. The van der Waals surface area contributed by atoms with E-state index >= 15 is 0 Å². The summed E-state index contributed by atoms with van der Waals surface area (Å²) in [5.74, 6) is 0.214. The van der Waals surface area contributed by atoms with Crippen molar-refractivity contribution in [1.82, 2.24) is 0 Å². The van der Waals surface area contributed by atoms with Gasteiger partial charge in [-0.05, 0) is 84.5 Å². The summed E-state index contributed by atoms with van der Waals surface area (Å²) in [5.41, 5.74) is 0.481. The van der Waals surface area contributed by atoms with Gasteiger partial charge in [0.25, 0.3) is 8.32 Å². The third kappa shape index (κ3) is 5.96. The fraction of sp³-hybridized carbons (Fsp3) is 0.579. The number of aldehydes is 1. The van der Waals surface area contributed by atoms with Crippen LogP contribution >= 0.6 is 0 Å². The maximum absolute atomic E-state index is 13.3. The largest absolute Gasteiger partial charge is 0.462 e. The molecule has 0 unspecified atom stereocenters. The molecule has 0 radical (unpaired) electrons. The highest BCUT2D eigenvalue weighted by molar-refractivity contribution is 6.99. The number of benzene rings is 2. The molecule has 1 saturated carbocycles. The van der Waals surface area contributed by atoms with Crippen molar-refractivity contribution in [3.8, 4) is 0 Å². The number of allylic oxidation sites excluding steroid dienone is 2. The third-order valence-corrected chi connectivity index (χ3v) is 15.9. The van der Waals surface area contributed by atoms with Gasteiger partial charge < -0.3 is 14.0 Å². The number of fused-ring (bicyclic) bond motifs is 1. The van der Waals surface area contributed by atoms with Crippen LogP contribution in [0.15, 0.2) is 72.3 Å². The molecule has 0 spiro atoms. The molecule has 0 aromatic heterocycles. The van der Waals surface area contributed by atoms with Gasteiger partial charge in [-0.3, -0.25) is 4.79 Å². The van der Waals surface area contributed by atoms with E-state index in [9.17, 15) is 9.59 Å². The van der Waals surface area contributed by atoms with Crippen molar-refractivity contribution in [2.75, 3.05) is 6.61 Å². The van der Waals surface area contributed by atoms with Crippen LogP contribution in [-0.4, -0.2) is 33.3 Å². The molecule has 0 N–H and O–H groups in total. The Morgan fingerprint density at radius 1 is 0.953 bits per heavy atom. The maximum atomic E-state index is 13.3. The minimum Gasteiger partial charge on any atom is -0.462 e. The van der Waals surface area contributed by atoms with Crippen LogP contribution in [0.5, 0.6) is 0 Å². The molecule has 0 amide bonds. The van der Waals surface area contributed by atoms with E-state index in [-0.39, 0.29) is 45.7 Å². The molecule has 2 aromatic rings. The van der Waals surface area contributed by atoms with Crippen molar-refractivity contribution in [3.63, 3.8) is 0 Å². The molecule has 4 rings (SSSR count). The molecule has 234 valence electrons. The van der Waals surface area contributed by atoms with E-state index in [0.717, 1.165) is 19.1 Å². The van der Waals surface area contributed by atoms with Gasteiger partial charge in [-0.15, -0.1) is 0 Å². The van der Waals surface area contributed by atoms with E-state index < -0.39 is 13.7 Å². The van der Waals surface area contributed by atoms with Crippen molar-refractivity contribution >= 4 is 30.9 Å². The molecule has 1 fully saturated rings. The Hall–Kier alpha value is -2.50. The Bertz CT molecular complexity index is 1260. The van der Waals surface area contributed by atoms with Gasteiger partial charge in [0.05, 0.1) is 5.41 Å². The van der Waals surface area contributed by atoms with Crippen LogP contribution in [0.4, 0.5) is 0 Å². The minimum atomic E-state index is -2.81. The first kappa shape index (κ1) is 33.4. The average Bonchev–Trinajstić information content (AvgIpc) is 3.14. The van der Waals surface area contributed by atoms with Gasteiger partial charge >= 0.3 is 5.97 Å². The zero-order valence-electron chi connectivity index (χ0n) is 28.2. The summed E-state index contributed by atoms with van der Waals surface area (Å²) in [6, 6.07) is 21.5. The summed E-state index contributed by atoms with van der Waals surface area (Å²) in [5, 5.41) is 2.36. The highest BCUT2D eigenvalue weighted by Gasteiger charge is 2.61. The van der Waals surface area contributed by atoms with Gasteiger partial charge in [0, 0.05) is 13.0 Å². The Labute approximate surface area is 261 Å². The number of carbonyl (C=O) groups is 2. The first-order valence-electron chi connectivity index (χ1n) is 16.1. The lowest BCUT2D eigenvalue weighted by molar-refractivity contribution is -0.175. The Morgan fingerprint density at radius 2 is 1.49 bits per heavy atom. The molecule has 0 saturated heterocycles. The van der Waals surface area contributed by atoms with Gasteiger partial charge in [0.2, 0.25) is 0 Å². The summed E-state index contributed by atoms with van der Waals surface area (Å²) in [6.07, 6.45) is 5.41. The Balaban J connectivity index is 1.87. The van der Waals surface area contributed by atoms with Crippen LogP contribution < -0.4 is 10.4 Å². The molecule has 5 atom stereocenters. The fourth-order valence-corrected chi connectivity index (χ4v) is 12.8. The lowest BCUT2D eigenvalue weighted by Crippen LogP contribution is -2.67. The van der Waals surface area contributed by atoms with Crippen molar-refractivity contribution in [2.45, 2.75) is 99.6 Å². The monoisotopic (exact) mass is 602 g/mol. The molecular formula is C38H54O4Si. The van der Waals surface area contributed by atoms with Crippen LogP contribution in [0.3, 0.4) is 0 Å². The number of carbonyl (C=O) groups excluding carboxylic acids is 2. The van der Waals surface area contributed by atoms with E-state index in [4.69, 9.17) is 9.16 Å². The normalized spacial score (nSPS) is 27.3. The molecule has 0 heterocycles. The van der Waals surface area contributed by atoms with Gasteiger partial charge in [0.15, 0.2) is 0 Å². The van der Waals surface area contributed by atoms with E-state index in [0.29, 0.717) is 13.0 Å². The van der Waals surface area contributed by atoms with Crippen LogP contribution in [0.2, 0.25) is 5.04 Å². The second-order valence-corrected chi connectivity index (χ2v) is 20.1. The Morgan fingerprint density at radius 3 is 1.95 bits per heavy atom. The molecule has 43 heavy (non-hydrogen) atoms. The number of ether oxygens (including phenoxy) is 1. The first-order chi connectivity index (χ1) is 20.0. The average molecular weight is 603 g/mol. The topological polar surface area (TPSA) is 52.6 Å². The molecule has 2 aromatic carbocycles. The summed E-state index contributed by atoms with van der Waals surface area (Å²) < 4.78 is 14.0. The van der Waals surface area contributed by atoms with E-state index in [1.165, 1.54) is 15.9 Å². The van der Waals surface area contributed by atoms with Crippen molar-refractivity contribution in [3.05, 3.63) is 72.3 Å². The number of hydrogen-bond acceptors (Lipinski definition) is 4. The van der Waals surface area contributed by atoms with E-state index in [1.54, 1.807) is 0 Å². The summed E-state index contributed by atoms with van der Waals surface area (Å²) in [7, 11) is -2.81. The first-order valence-corrected chi connectivity index (χ1v) is 18.0. The van der Waals surface area contributed by atoms with E-state index in [2.05, 4.69) is 115 Å². The van der Waals surface area contributed by atoms with Gasteiger partial charge in [-0.25, -0.2) is 0 Å². The number of rotatable bonds is 9. The summed E-state index contributed by atoms with van der Waals surface area (Å²) in [4.78, 5) is 25.2. The maximum Gasteiger partial charge on any atom is 0.311 e. The smallest absolute Gasteiger partial charge is 0.311 e. The molecule has 0 aliphatic heterocycles. The van der Waals surface area contributed by atoms with Crippen LogP contribution in [0.25, 0.3) is 0 Å². The fourth-order valence-electron chi connectivity index (χ4n) is 8.21. The predicted molar refractivity (Wildman–Crippen MR) is 179 cm³/mol. The Kier molecular flexibility index (Phi) is 9.41. The van der Waals surface area contributed by atoms with Gasteiger partial charge in [-0.1, -0.05) is 114 Å². The van der Waals surface area contributed by atoms with Gasteiger partial charge in [-0.2, -0.15) is 0 Å². The number of esters is 1. The zero-order chi connectivity index (χ0) is 31.8. The molecule has 0 bridgehead atoms.